The number of rotatable bonds is 0. The Morgan fingerprint density at radius 3 is 0.333 bits per heavy atom. The zero-order chi connectivity index (χ0) is 66.3. The number of nitriles is 4. The van der Waals surface area contributed by atoms with Gasteiger partial charge in [0.2, 0.25) is 0 Å². The molecule has 0 spiro atoms. The van der Waals surface area contributed by atoms with E-state index in [9.17, 15) is 0 Å². The van der Waals surface area contributed by atoms with Gasteiger partial charge in [0.15, 0.2) is 0 Å². The van der Waals surface area contributed by atoms with Crippen LogP contribution in [-0.4, -0.2) is 65.0 Å². The highest BCUT2D eigenvalue weighted by Gasteiger charge is 2.05. The predicted molar refractivity (Wildman–Crippen MR) is 296 cm³/mol. The third-order valence-corrected chi connectivity index (χ3v) is 12.7. The predicted octanol–water partition coefficient (Wildman–Crippen LogP) is -9.70. The highest BCUT2D eigenvalue weighted by molar-refractivity contribution is 6.47. The molecule has 0 aliphatic carbocycles. The third kappa shape index (κ3) is 36.1. The van der Waals surface area contributed by atoms with Crippen LogP contribution in [0.2, 0.25) is 0 Å². The van der Waals surface area contributed by atoms with E-state index in [2.05, 4.69) is 128 Å². The first-order chi connectivity index (χ1) is 38.8. The summed E-state index contributed by atoms with van der Waals surface area (Å²) in [6.07, 6.45) is 32.6. The van der Waals surface area contributed by atoms with E-state index in [0.717, 1.165) is 23.9 Å². The lowest BCUT2D eigenvalue weighted by atomic mass is 9.97. The standard InChI is InChI=1S/8C6H11N2.4CBNO2/c8*1-6-7(2)4-5-8(6)3;4*3-1-2(4)5/h8*4-5H,1-3H3;;;;/q8*+1;4*-2. The molecule has 8 rings (SSSR count). The summed E-state index contributed by atoms with van der Waals surface area (Å²) in [7, 11) is 23.4. The van der Waals surface area contributed by atoms with Crippen molar-refractivity contribution < 1.29 is 76.7 Å². The number of hydrogen-bond acceptors (Lipinski definition) is 12. The van der Waals surface area contributed by atoms with Crippen LogP contribution in [0.5, 0.6) is 0 Å². The van der Waals surface area contributed by atoms with Gasteiger partial charge in [0.05, 0.1) is 113 Å². The zero-order valence-electron chi connectivity index (χ0n) is 53.8. The van der Waals surface area contributed by atoms with Gasteiger partial charge in [0, 0.05) is 83.9 Å². The molecule has 0 amide bonds. The van der Waals surface area contributed by atoms with Gasteiger partial charge in [-0.3, -0.25) is 0 Å². The Morgan fingerprint density at radius 2 is 0.321 bits per heavy atom. The van der Waals surface area contributed by atoms with Gasteiger partial charge < -0.3 is 40.2 Å². The second kappa shape index (κ2) is 44.2. The number of hydrogen-bond donors (Lipinski definition) is 0. The van der Waals surface area contributed by atoms with Gasteiger partial charge in [0.25, 0.3) is 46.6 Å². The van der Waals surface area contributed by atoms with Crippen molar-refractivity contribution in [2.75, 3.05) is 0 Å². The lowest BCUT2D eigenvalue weighted by Gasteiger charge is -2.12. The van der Waals surface area contributed by atoms with E-state index in [1.54, 1.807) is 0 Å². The second-order valence-corrected chi connectivity index (χ2v) is 18.4. The lowest BCUT2D eigenvalue weighted by molar-refractivity contribution is -0.677. The molecule has 456 valence electrons. The van der Waals surface area contributed by atoms with Gasteiger partial charge in [-0.2, -0.15) is 0 Å². The summed E-state index contributed by atoms with van der Waals surface area (Å²) in [6, 6.07) is 0. The van der Waals surface area contributed by atoms with E-state index in [1.165, 1.54) is 46.6 Å². The number of nitrogens with zero attached hydrogens (tertiary/aromatic N) is 20. The van der Waals surface area contributed by atoms with Crippen molar-refractivity contribution in [1.29, 1.82) is 21.0 Å². The molecule has 0 saturated heterocycles. The first-order valence-electron chi connectivity index (χ1n) is 25.5. The number of imidazole rings is 8. The van der Waals surface area contributed by atoms with Gasteiger partial charge >= 0.3 is 0 Å². The first kappa shape index (κ1) is 82.0. The van der Waals surface area contributed by atoms with Gasteiger partial charge in [0.1, 0.15) is 99.1 Å². The zero-order valence-corrected chi connectivity index (χ0v) is 53.8. The molecule has 0 bridgehead atoms. The molecule has 0 aliphatic rings. The average Bonchev–Trinajstić information content (AvgIpc) is 4.40. The Balaban J connectivity index is -0.000000418. The normalized spacial score (nSPS) is 8.90. The molecule has 0 unspecified atom stereocenters. The minimum atomic E-state index is -2.31. The summed E-state index contributed by atoms with van der Waals surface area (Å²) in [5.74, 6) is 13.8. The van der Waals surface area contributed by atoms with Crippen molar-refractivity contribution in [3.8, 4) is 23.9 Å². The van der Waals surface area contributed by atoms with E-state index in [-0.39, 0.29) is 0 Å². The summed E-state index contributed by atoms with van der Waals surface area (Å²) in [5, 5.41) is 101. The van der Waals surface area contributed by atoms with E-state index in [4.69, 9.17) is 61.2 Å². The van der Waals surface area contributed by atoms with Crippen LogP contribution < -0.4 is 76.7 Å². The molecular formula is C52H88B4N20O8. The van der Waals surface area contributed by atoms with Crippen molar-refractivity contribution in [2.24, 2.45) is 113 Å². The molecule has 0 atom stereocenters. The molecule has 0 aromatic carbocycles. The summed E-state index contributed by atoms with van der Waals surface area (Å²) >= 11 is 0. The van der Waals surface area contributed by atoms with Crippen LogP contribution in [-0.2, 0) is 113 Å². The van der Waals surface area contributed by atoms with Crippen LogP contribution in [0.3, 0.4) is 0 Å². The van der Waals surface area contributed by atoms with Gasteiger partial charge in [-0.1, -0.05) is 0 Å². The van der Waals surface area contributed by atoms with Crippen LogP contribution in [0.4, 0.5) is 0 Å². The maximum atomic E-state index is 8.98. The lowest BCUT2D eigenvalue weighted by Crippen LogP contribution is -2.43. The van der Waals surface area contributed by atoms with Gasteiger partial charge in [-0.25, -0.2) is 94.1 Å². The largest absolute Gasteiger partial charge is 0.881 e. The van der Waals surface area contributed by atoms with Crippen molar-refractivity contribution >= 4 is 28.5 Å². The van der Waals surface area contributed by atoms with Crippen LogP contribution in [0, 0.1) is 100 Å². The molecule has 0 saturated carbocycles. The summed E-state index contributed by atoms with van der Waals surface area (Å²) < 4.78 is 33.3. The minimum absolute atomic E-state index is 0.917. The fourth-order valence-electron chi connectivity index (χ4n) is 5.32. The molecular weight excluding hydrogens is 1080 g/mol. The molecule has 0 radical (unpaired) electrons. The van der Waals surface area contributed by atoms with Crippen LogP contribution in [0.15, 0.2) is 99.1 Å². The van der Waals surface area contributed by atoms with Crippen molar-refractivity contribution in [3.63, 3.8) is 0 Å². The molecule has 8 aromatic heterocycles. The van der Waals surface area contributed by atoms with E-state index < -0.39 is 28.5 Å². The molecule has 84 heavy (non-hydrogen) atoms. The smallest absolute Gasteiger partial charge is 0.252 e. The summed E-state index contributed by atoms with van der Waals surface area (Å²) in [5.41, 5.74) is 0. The highest BCUT2D eigenvalue weighted by atomic mass is 16.4. The molecule has 8 aromatic rings. The van der Waals surface area contributed by atoms with Crippen LogP contribution >= 0.6 is 0 Å². The third-order valence-electron chi connectivity index (χ3n) is 12.7. The Morgan fingerprint density at radius 1 is 0.250 bits per heavy atom. The molecule has 0 aliphatic heterocycles. The number of aromatic nitrogens is 16. The van der Waals surface area contributed by atoms with Crippen LogP contribution in [0.1, 0.15) is 46.6 Å². The van der Waals surface area contributed by atoms with Crippen molar-refractivity contribution in [3.05, 3.63) is 146 Å². The monoisotopic (exact) mass is 1160 g/mol. The Hall–Kier alpha value is -8.42. The van der Waals surface area contributed by atoms with Gasteiger partial charge in [-0.05, 0) is 23.9 Å². The molecule has 0 N–H and O–H groups in total. The van der Waals surface area contributed by atoms with Crippen molar-refractivity contribution in [2.45, 2.75) is 55.4 Å². The summed E-state index contributed by atoms with van der Waals surface area (Å²) in [4.78, 5) is 0. The summed E-state index contributed by atoms with van der Waals surface area (Å²) in [6.45, 7) is 16.7. The first-order valence-corrected chi connectivity index (χ1v) is 25.5. The molecule has 8 heterocycles. The van der Waals surface area contributed by atoms with E-state index >= 15 is 0 Å². The molecule has 28 nitrogen and oxygen atoms in total. The Kier molecular flexibility index (Phi) is 43.2. The topological polar surface area (TPSA) is 350 Å². The van der Waals surface area contributed by atoms with E-state index in [0.29, 0.717) is 0 Å². The maximum Gasteiger partial charge on any atom is 0.252 e. The Labute approximate surface area is 498 Å². The average molecular weight is 1160 g/mol. The minimum Gasteiger partial charge on any atom is -0.881 e. The number of aryl methyl sites for hydroxylation is 16. The molecule has 32 heteroatoms. The van der Waals surface area contributed by atoms with E-state index in [1.807, 2.05) is 212 Å². The fourth-order valence-corrected chi connectivity index (χ4v) is 5.32. The quantitative estimate of drug-likeness (QED) is 0.101. The highest BCUT2D eigenvalue weighted by Crippen LogP contribution is 1.89. The Bertz CT molecular complexity index is 2490. The maximum absolute atomic E-state index is 8.98. The SMILES string of the molecule is Cc1n(C)cc[n+]1C.Cc1n(C)cc[n+]1C.Cc1n(C)cc[n+]1C.Cc1n(C)cc[n+]1C.Cc1n(C)cc[n+]1C.Cc1n(C)cc[n+]1C.Cc1n(C)cc[n+]1C.Cc1n(C)cc[n+]1C.N#CB([O-])[O-].N#CB([O-])[O-].N#CB([O-])[O-].N#CB([O-])[O-]. The van der Waals surface area contributed by atoms with Gasteiger partial charge in [-0.15, -0.1) is 0 Å². The van der Waals surface area contributed by atoms with Crippen LogP contribution in [0.25, 0.3) is 0 Å². The van der Waals surface area contributed by atoms with Crippen molar-refractivity contribution in [1.82, 2.24) is 36.5 Å². The second-order valence-electron chi connectivity index (χ2n) is 18.4. The fraction of sp³-hybridized carbons (Fsp3) is 0.462. The molecule has 0 fully saturated rings.